The summed E-state index contributed by atoms with van der Waals surface area (Å²) in [5, 5.41) is 0.742. The maximum atomic E-state index is 11.4. The molecule has 53 heavy (non-hydrogen) atoms. The number of allylic oxidation sites excluding steroid dienone is 8. The lowest BCUT2D eigenvalue weighted by Crippen LogP contribution is -2.28. The summed E-state index contributed by atoms with van der Waals surface area (Å²) in [6, 6.07) is 8.72. The van der Waals surface area contributed by atoms with Gasteiger partial charge in [-0.1, -0.05) is 37.6 Å². The smallest absolute Gasteiger partial charge is 0.264 e. The molecule has 2 aromatic carbocycles. The van der Waals surface area contributed by atoms with Crippen molar-refractivity contribution >= 4 is 139 Å². The molecule has 0 saturated heterocycles. The highest BCUT2D eigenvalue weighted by Crippen LogP contribution is 2.51. The standard InChI is InChI=1S/C38H43ClI4N2O6S2/c1-37(2)32(44(16-5-7-18-52(46,47)48)30-22-26(40)20-28(42)34(30)37)14-12-24-10-9-11-25(36(24)39)13-15-33-38(3,4)35-29(43)21-27(41)23-31(35)45(33)17-6-8-19-53(49,50)51/h12-15,20-23H,5-11,16-19H2,1-4H3,(H-,46,47,48,49,50,51). The number of anilines is 1. The van der Waals surface area contributed by atoms with Gasteiger partial charge in [-0.2, -0.15) is 13.0 Å². The summed E-state index contributed by atoms with van der Waals surface area (Å²) < 4.78 is 72.9. The fraction of sp³-hybridized carbons (Fsp3) is 0.447. The first-order valence-electron chi connectivity index (χ1n) is 17.4. The van der Waals surface area contributed by atoms with E-state index in [0.717, 1.165) is 65.4 Å². The summed E-state index contributed by atoms with van der Waals surface area (Å²) in [5.41, 5.74) is 8.43. The van der Waals surface area contributed by atoms with Gasteiger partial charge >= 0.3 is 0 Å². The van der Waals surface area contributed by atoms with Gasteiger partial charge in [-0.3, -0.25) is 4.55 Å². The van der Waals surface area contributed by atoms with E-state index in [0.29, 0.717) is 38.8 Å². The van der Waals surface area contributed by atoms with E-state index in [-0.39, 0.29) is 22.3 Å². The van der Waals surface area contributed by atoms with Crippen LogP contribution in [0.5, 0.6) is 0 Å². The molecule has 2 aliphatic heterocycles. The molecule has 0 bridgehead atoms. The summed E-state index contributed by atoms with van der Waals surface area (Å²) in [6.07, 6.45) is 13.1. The molecule has 0 radical (unpaired) electrons. The minimum absolute atomic E-state index is 0.259. The van der Waals surface area contributed by atoms with Gasteiger partial charge in [-0.15, -0.1) is 0 Å². The van der Waals surface area contributed by atoms with Crippen molar-refractivity contribution in [1.29, 1.82) is 0 Å². The minimum atomic E-state index is -4.27. The molecule has 0 spiro atoms. The van der Waals surface area contributed by atoms with Crippen LogP contribution in [0, 0.1) is 14.3 Å². The van der Waals surface area contributed by atoms with Gasteiger partial charge in [-0.25, -0.2) is 8.42 Å². The Morgan fingerprint density at radius 3 is 2.15 bits per heavy atom. The number of nitrogens with zero attached hydrogens (tertiary/aromatic N) is 2. The van der Waals surface area contributed by atoms with Crippen LogP contribution in [0.2, 0.25) is 0 Å². The van der Waals surface area contributed by atoms with E-state index in [9.17, 15) is 25.9 Å². The summed E-state index contributed by atoms with van der Waals surface area (Å²) >= 11 is 16.7. The van der Waals surface area contributed by atoms with Crippen LogP contribution in [0.1, 0.15) is 83.8 Å². The Labute approximate surface area is 374 Å². The Morgan fingerprint density at radius 2 is 1.49 bits per heavy atom. The second kappa shape index (κ2) is 17.4. The number of hydrogen-bond acceptors (Lipinski definition) is 6. The highest BCUT2D eigenvalue weighted by molar-refractivity contribution is 14.1. The average Bonchev–Trinajstić information content (AvgIpc) is 3.36. The van der Waals surface area contributed by atoms with Crippen LogP contribution in [-0.4, -0.2) is 60.8 Å². The first kappa shape index (κ1) is 44.0. The van der Waals surface area contributed by atoms with Crippen molar-refractivity contribution in [3.8, 4) is 0 Å². The van der Waals surface area contributed by atoms with Gasteiger partial charge in [0.15, 0.2) is 5.71 Å². The summed E-state index contributed by atoms with van der Waals surface area (Å²) in [4.78, 5) is 2.28. The Morgan fingerprint density at radius 1 is 0.849 bits per heavy atom. The molecule has 3 aliphatic rings. The first-order valence-corrected chi connectivity index (χ1v) is 25.3. The van der Waals surface area contributed by atoms with E-state index < -0.39 is 20.2 Å². The Bertz CT molecular complexity index is 2190. The monoisotopic (exact) mass is 1230 g/mol. The number of fused-ring (bicyclic) bond motifs is 2. The van der Waals surface area contributed by atoms with Crippen molar-refractivity contribution in [2.24, 2.45) is 0 Å². The van der Waals surface area contributed by atoms with Crippen LogP contribution in [0.15, 0.2) is 70.4 Å². The third-order valence-corrected chi connectivity index (χ3v) is 15.2. The molecule has 0 aromatic heterocycles. The molecule has 288 valence electrons. The van der Waals surface area contributed by atoms with Gasteiger partial charge in [0.1, 0.15) is 6.54 Å². The van der Waals surface area contributed by atoms with E-state index in [1.807, 2.05) is 0 Å². The molecule has 2 heterocycles. The van der Waals surface area contributed by atoms with E-state index in [2.05, 4.69) is 176 Å². The van der Waals surface area contributed by atoms with Crippen molar-refractivity contribution in [2.75, 3.05) is 29.5 Å². The second-order valence-corrected chi connectivity index (χ2v) is 23.0. The zero-order valence-corrected chi connectivity index (χ0v) is 41.0. The van der Waals surface area contributed by atoms with E-state index in [1.54, 1.807) is 0 Å². The highest BCUT2D eigenvalue weighted by atomic mass is 127. The lowest BCUT2D eigenvalue weighted by molar-refractivity contribution is -0.438. The third kappa shape index (κ3) is 10.3. The summed E-state index contributed by atoms with van der Waals surface area (Å²) in [7, 11) is -8.29. The van der Waals surface area contributed by atoms with Crippen molar-refractivity contribution in [3.05, 3.63) is 95.9 Å². The number of rotatable bonds is 13. The Balaban J connectivity index is 1.50. The molecule has 1 N–H and O–H groups in total. The highest BCUT2D eigenvalue weighted by Gasteiger charge is 2.46. The molecular weight excluding hydrogens is 1190 g/mol. The van der Waals surface area contributed by atoms with Gasteiger partial charge in [0.05, 0.1) is 26.8 Å². The molecule has 2 aromatic rings. The second-order valence-electron chi connectivity index (χ2n) is 14.7. The van der Waals surface area contributed by atoms with E-state index >= 15 is 0 Å². The topological polar surface area (TPSA) is 118 Å². The molecule has 0 fully saturated rings. The number of halogens is 5. The van der Waals surface area contributed by atoms with Crippen LogP contribution < -0.4 is 4.90 Å². The molecule has 8 nitrogen and oxygen atoms in total. The van der Waals surface area contributed by atoms with Crippen molar-refractivity contribution in [2.45, 2.75) is 83.5 Å². The third-order valence-electron chi connectivity index (χ3n) is 10.2. The minimum Gasteiger partial charge on any atom is -0.748 e. The van der Waals surface area contributed by atoms with Crippen LogP contribution in [0.25, 0.3) is 0 Å². The number of unbranched alkanes of at least 4 members (excludes halogenated alkanes) is 2. The largest absolute Gasteiger partial charge is 0.748 e. The van der Waals surface area contributed by atoms with Gasteiger partial charge in [0.25, 0.3) is 10.1 Å². The Hall–Kier alpha value is -0.1000. The molecule has 5 rings (SSSR count). The maximum Gasteiger partial charge on any atom is 0.264 e. The van der Waals surface area contributed by atoms with E-state index in [4.69, 9.17) is 11.6 Å². The van der Waals surface area contributed by atoms with Crippen LogP contribution in [0.4, 0.5) is 11.4 Å². The van der Waals surface area contributed by atoms with E-state index in [1.165, 1.54) is 18.3 Å². The molecule has 15 heteroatoms. The average molecular weight is 1230 g/mol. The molecule has 0 unspecified atom stereocenters. The quantitative estimate of drug-likeness (QED) is 0.0919. The van der Waals surface area contributed by atoms with Crippen molar-refractivity contribution in [1.82, 2.24) is 0 Å². The van der Waals surface area contributed by atoms with Gasteiger partial charge in [-0.05, 0) is 178 Å². The van der Waals surface area contributed by atoms with Crippen molar-refractivity contribution in [3.63, 3.8) is 0 Å². The molecule has 1 aliphatic carbocycles. The van der Waals surface area contributed by atoms with Gasteiger partial charge in [0.2, 0.25) is 5.69 Å². The van der Waals surface area contributed by atoms with Crippen LogP contribution in [-0.2, 0) is 31.1 Å². The van der Waals surface area contributed by atoms with Crippen molar-refractivity contribution < 1.29 is 30.5 Å². The predicted octanol–water partition coefficient (Wildman–Crippen LogP) is 10.3. The molecular formula is C38H43ClI4N2O6S2. The zero-order valence-electron chi connectivity index (χ0n) is 30.0. The fourth-order valence-electron chi connectivity index (χ4n) is 7.72. The number of benzene rings is 2. The zero-order chi connectivity index (χ0) is 39.1. The fourth-order valence-corrected chi connectivity index (χ4v) is 14.1. The Kier molecular flexibility index (Phi) is 14.5. The molecule has 0 atom stereocenters. The normalized spacial score (nSPS) is 20.0. The maximum absolute atomic E-state index is 11.4. The number of hydrogen-bond donors (Lipinski definition) is 1. The lowest BCUT2D eigenvalue weighted by Gasteiger charge is -2.27. The van der Waals surface area contributed by atoms with Crippen LogP contribution in [0.3, 0.4) is 0 Å². The predicted molar refractivity (Wildman–Crippen MR) is 248 cm³/mol. The first-order chi connectivity index (χ1) is 24.6. The van der Waals surface area contributed by atoms with Gasteiger partial charge < -0.3 is 9.45 Å². The van der Waals surface area contributed by atoms with Gasteiger partial charge in [0, 0.05) is 72.5 Å². The molecule has 0 saturated carbocycles. The summed E-state index contributed by atoms with van der Waals surface area (Å²) in [5.74, 6) is -0.626. The van der Waals surface area contributed by atoms with Crippen LogP contribution >= 0.6 is 102 Å². The summed E-state index contributed by atoms with van der Waals surface area (Å²) in [6.45, 7) is 10.1. The SMILES string of the molecule is CC1(C)C(=CC=C2CCCC(C=CC3=[N+](CCCCS(=O)(=O)O)c4cc(I)cc(I)c4C3(C)C)=C2Cl)N(CCCCS(=O)(=O)[O-])c2cc(I)cc(I)c21. The lowest BCUT2D eigenvalue weighted by atomic mass is 9.81. The molecule has 0 amide bonds.